The van der Waals surface area contributed by atoms with Crippen molar-refractivity contribution in [1.29, 1.82) is 0 Å². The Morgan fingerprint density at radius 3 is 2.26 bits per heavy atom. The van der Waals surface area contributed by atoms with Gasteiger partial charge in [-0.1, -0.05) is 18.2 Å². The molecule has 2 aromatic carbocycles. The molecule has 0 aromatic heterocycles. The minimum absolute atomic E-state index is 0.0652. The molecule has 0 heterocycles. The van der Waals surface area contributed by atoms with Gasteiger partial charge in [0.2, 0.25) is 0 Å². The van der Waals surface area contributed by atoms with E-state index < -0.39 is 5.97 Å². The Morgan fingerprint density at radius 1 is 1.11 bits per heavy atom. The molecule has 96 valence electrons. The van der Waals surface area contributed by atoms with Gasteiger partial charge in [-0.3, -0.25) is 4.79 Å². The van der Waals surface area contributed by atoms with E-state index in [0.29, 0.717) is 11.8 Å². The molecule has 0 bridgehead atoms. The highest BCUT2D eigenvalue weighted by molar-refractivity contribution is 5.90. The minimum atomic E-state index is -0.397. The van der Waals surface area contributed by atoms with Gasteiger partial charge < -0.3 is 9.84 Å². The molecule has 0 fully saturated rings. The molecule has 0 unspecified atom stereocenters. The molecule has 4 nitrogen and oxygen atoms in total. The number of carbonyl (C=O) groups excluding carboxylic acids is 2. The average molecular weight is 256 g/mol. The first-order chi connectivity index (χ1) is 9.15. The van der Waals surface area contributed by atoms with E-state index in [2.05, 4.69) is 4.74 Å². The maximum Gasteiger partial charge on any atom is 0.337 e. The highest BCUT2D eigenvalue weighted by atomic mass is 16.5. The summed E-state index contributed by atoms with van der Waals surface area (Å²) in [5.41, 5.74) is 2.30. The van der Waals surface area contributed by atoms with Crippen LogP contribution in [0.5, 0.6) is 5.75 Å². The lowest BCUT2D eigenvalue weighted by atomic mass is 10.0. The zero-order valence-electron chi connectivity index (χ0n) is 10.3. The molecule has 0 saturated carbocycles. The third-order valence-electron chi connectivity index (χ3n) is 2.80. The Kier molecular flexibility index (Phi) is 3.61. The van der Waals surface area contributed by atoms with Crippen LogP contribution in [0.1, 0.15) is 20.7 Å². The SMILES string of the molecule is COC(=O)c1ccc(-c2ccc(C=O)c(O)c2)cc1. The lowest BCUT2D eigenvalue weighted by Gasteiger charge is -2.05. The third-order valence-corrected chi connectivity index (χ3v) is 2.80. The van der Waals surface area contributed by atoms with Crippen molar-refractivity contribution in [2.24, 2.45) is 0 Å². The molecule has 2 aromatic rings. The van der Waals surface area contributed by atoms with Crippen LogP contribution in [0, 0.1) is 0 Å². The van der Waals surface area contributed by atoms with Crippen LogP contribution in [-0.2, 0) is 4.74 Å². The van der Waals surface area contributed by atoms with Crippen LogP contribution in [0.3, 0.4) is 0 Å². The van der Waals surface area contributed by atoms with Crippen molar-refractivity contribution >= 4 is 12.3 Å². The van der Waals surface area contributed by atoms with Gasteiger partial charge in [-0.25, -0.2) is 4.79 Å². The topological polar surface area (TPSA) is 63.6 Å². The predicted molar refractivity (Wildman–Crippen MR) is 70.3 cm³/mol. The van der Waals surface area contributed by atoms with Crippen molar-refractivity contribution in [2.75, 3.05) is 7.11 Å². The van der Waals surface area contributed by atoms with Gasteiger partial charge in [0.1, 0.15) is 5.75 Å². The van der Waals surface area contributed by atoms with E-state index in [1.165, 1.54) is 13.2 Å². The van der Waals surface area contributed by atoms with Crippen molar-refractivity contribution in [2.45, 2.75) is 0 Å². The van der Waals surface area contributed by atoms with Gasteiger partial charge >= 0.3 is 5.97 Å². The number of aromatic hydroxyl groups is 1. The Balaban J connectivity index is 2.34. The van der Waals surface area contributed by atoms with Crippen LogP contribution in [-0.4, -0.2) is 24.5 Å². The van der Waals surface area contributed by atoms with E-state index >= 15 is 0 Å². The van der Waals surface area contributed by atoms with Crippen molar-refractivity contribution < 1.29 is 19.4 Å². The summed E-state index contributed by atoms with van der Waals surface area (Å²) < 4.78 is 4.61. The molecule has 0 atom stereocenters. The second-order valence-corrected chi connectivity index (χ2v) is 3.96. The maximum atomic E-state index is 11.3. The largest absolute Gasteiger partial charge is 0.507 e. The predicted octanol–water partition coefficient (Wildman–Crippen LogP) is 2.66. The Labute approximate surface area is 110 Å². The number of hydrogen-bond donors (Lipinski definition) is 1. The van der Waals surface area contributed by atoms with Crippen LogP contribution in [0.4, 0.5) is 0 Å². The van der Waals surface area contributed by atoms with Gasteiger partial charge in [-0.2, -0.15) is 0 Å². The maximum absolute atomic E-state index is 11.3. The van der Waals surface area contributed by atoms with Crippen molar-refractivity contribution in [3.8, 4) is 16.9 Å². The molecule has 0 spiro atoms. The van der Waals surface area contributed by atoms with Gasteiger partial charge in [0, 0.05) is 0 Å². The van der Waals surface area contributed by atoms with Gasteiger partial charge in [0.25, 0.3) is 0 Å². The zero-order chi connectivity index (χ0) is 13.8. The number of carbonyl (C=O) groups is 2. The van der Waals surface area contributed by atoms with Crippen molar-refractivity contribution in [1.82, 2.24) is 0 Å². The highest BCUT2D eigenvalue weighted by Gasteiger charge is 2.07. The molecule has 0 amide bonds. The van der Waals surface area contributed by atoms with Crippen LogP contribution < -0.4 is 0 Å². The summed E-state index contributed by atoms with van der Waals surface area (Å²) in [7, 11) is 1.33. The smallest absolute Gasteiger partial charge is 0.337 e. The number of ether oxygens (including phenoxy) is 1. The molecular formula is C15H12O4. The average Bonchev–Trinajstić information content (AvgIpc) is 2.46. The number of esters is 1. The lowest BCUT2D eigenvalue weighted by Crippen LogP contribution is -2.00. The molecule has 0 aliphatic carbocycles. The monoisotopic (exact) mass is 256 g/mol. The fraction of sp³-hybridized carbons (Fsp3) is 0.0667. The second kappa shape index (κ2) is 5.35. The quantitative estimate of drug-likeness (QED) is 0.677. The molecule has 19 heavy (non-hydrogen) atoms. The van der Waals surface area contributed by atoms with Crippen LogP contribution in [0.2, 0.25) is 0 Å². The summed E-state index contributed by atoms with van der Waals surface area (Å²) in [6, 6.07) is 11.6. The number of rotatable bonds is 3. The zero-order valence-corrected chi connectivity index (χ0v) is 10.3. The third kappa shape index (κ3) is 2.63. The first-order valence-electron chi connectivity index (χ1n) is 5.62. The molecule has 1 N–H and O–H groups in total. The molecule has 2 rings (SSSR count). The molecule has 0 aliphatic rings. The Hall–Kier alpha value is -2.62. The second-order valence-electron chi connectivity index (χ2n) is 3.96. The number of methoxy groups -OCH3 is 1. The highest BCUT2D eigenvalue weighted by Crippen LogP contribution is 2.26. The van der Waals surface area contributed by atoms with Gasteiger partial charge in [-0.05, 0) is 35.4 Å². The number of benzene rings is 2. The summed E-state index contributed by atoms with van der Waals surface area (Å²) in [6.07, 6.45) is 0.597. The fourth-order valence-electron chi connectivity index (χ4n) is 1.74. The number of aldehydes is 1. The van der Waals surface area contributed by atoms with E-state index in [1.54, 1.807) is 36.4 Å². The van der Waals surface area contributed by atoms with Crippen LogP contribution >= 0.6 is 0 Å². The van der Waals surface area contributed by atoms with Crippen molar-refractivity contribution in [3.63, 3.8) is 0 Å². The number of hydrogen-bond acceptors (Lipinski definition) is 4. The Morgan fingerprint density at radius 2 is 1.74 bits per heavy atom. The van der Waals surface area contributed by atoms with E-state index in [0.717, 1.165) is 11.1 Å². The summed E-state index contributed by atoms with van der Waals surface area (Å²) in [5.74, 6) is -0.463. The number of phenolic OH excluding ortho intramolecular Hbond substituents is 1. The Bertz CT molecular complexity index is 615. The summed E-state index contributed by atoms with van der Waals surface area (Å²) in [5, 5.41) is 9.63. The molecule has 0 aliphatic heterocycles. The summed E-state index contributed by atoms with van der Waals surface area (Å²) in [4.78, 5) is 21.9. The first-order valence-corrected chi connectivity index (χ1v) is 5.62. The van der Waals surface area contributed by atoms with Crippen LogP contribution in [0.15, 0.2) is 42.5 Å². The van der Waals surface area contributed by atoms with Gasteiger partial charge in [0.05, 0.1) is 18.2 Å². The fourth-order valence-corrected chi connectivity index (χ4v) is 1.74. The molecule has 0 saturated heterocycles. The minimum Gasteiger partial charge on any atom is -0.507 e. The lowest BCUT2D eigenvalue weighted by molar-refractivity contribution is 0.0600. The molecule has 4 heteroatoms. The van der Waals surface area contributed by atoms with E-state index in [1.807, 2.05) is 0 Å². The van der Waals surface area contributed by atoms with Gasteiger partial charge in [-0.15, -0.1) is 0 Å². The first kappa shape index (κ1) is 12.8. The van der Waals surface area contributed by atoms with Crippen molar-refractivity contribution in [3.05, 3.63) is 53.6 Å². The summed E-state index contributed by atoms with van der Waals surface area (Å²) >= 11 is 0. The van der Waals surface area contributed by atoms with E-state index in [-0.39, 0.29) is 11.3 Å². The number of phenols is 1. The molecule has 0 radical (unpaired) electrons. The standard InChI is InChI=1S/C15H12O4/c1-19-15(18)11-4-2-10(3-5-11)12-6-7-13(9-16)14(17)8-12/h2-9,17H,1H3. The van der Waals surface area contributed by atoms with E-state index in [9.17, 15) is 14.7 Å². The normalized spacial score (nSPS) is 9.95. The molecular weight excluding hydrogens is 244 g/mol. The van der Waals surface area contributed by atoms with E-state index in [4.69, 9.17) is 0 Å². The van der Waals surface area contributed by atoms with Crippen LogP contribution in [0.25, 0.3) is 11.1 Å². The summed E-state index contributed by atoms with van der Waals surface area (Å²) in [6.45, 7) is 0. The van der Waals surface area contributed by atoms with Gasteiger partial charge in [0.15, 0.2) is 6.29 Å².